The van der Waals surface area contributed by atoms with E-state index < -0.39 is 5.41 Å². The third-order valence-electron chi connectivity index (χ3n) is 5.27. The van der Waals surface area contributed by atoms with E-state index in [4.69, 9.17) is 0 Å². The number of allylic oxidation sites excluding steroid dienone is 2. The molecule has 5 heteroatoms. The molecule has 0 saturated carbocycles. The molecule has 1 amide bonds. The average Bonchev–Trinajstić information content (AvgIpc) is 2.93. The van der Waals surface area contributed by atoms with Crippen molar-refractivity contribution in [1.29, 1.82) is 0 Å². The van der Waals surface area contributed by atoms with Gasteiger partial charge < -0.3 is 14.9 Å². The quantitative estimate of drug-likeness (QED) is 0.872. The van der Waals surface area contributed by atoms with Crippen LogP contribution in [0.4, 0.5) is 0 Å². The maximum absolute atomic E-state index is 12.8. The Morgan fingerprint density at radius 3 is 2.65 bits per heavy atom. The lowest BCUT2D eigenvalue weighted by molar-refractivity contribution is -0.128. The van der Waals surface area contributed by atoms with Crippen LogP contribution in [0.25, 0.3) is 18.2 Å². The van der Waals surface area contributed by atoms with E-state index in [1.54, 1.807) is 6.07 Å². The predicted molar refractivity (Wildman–Crippen MR) is 105 cm³/mol. The van der Waals surface area contributed by atoms with E-state index in [0.29, 0.717) is 18.5 Å². The average molecular weight is 351 g/mol. The summed E-state index contributed by atoms with van der Waals surface area (Å²) in [6.45, 7) is 8.48. The number of aryl methyl sites for hydroxylation is 1. The summed E-state index contributed by atoms with van der Waals surface area (Å²) in [5.41, 5.74) is 1.16. The number of hydrogen-bond donors (Lipinski definition) is 2. The summed E-state index contributed by atoms with van der Waals surface area (Å²) in [6, 6.07) is 5.61. The van der Waals surface area contributed by atoms with Crippen molar-refractivity contribution in [3.05, 3.63) is 62.7 Å². The van der Waals surface area contributed by atoms with E-state index in [-0.39, 0.29) is 11.5 Å². The van der Waals surface area contributed by atoms with E-state index in [2.05, 4.69) is 16.9 Å². The Labute approximate surface area is 152 Å². The first kappa shape index (κ1) is 18.0. The van der Waals surface area contributed by atoms with Gasteiger partial charge in [0.1, 0.15) is 0 Å². The van der Waals surface area contributed by atoms with E-state index in [1.807, 2.05) is 55.9 Å². The molecule has 1 fully saturated rings. The molecule has 136 valence electrons. The Morgan fingerprint density at radius 2 is 2.08 bits per heavy atom. The maximum Gasteiger partial charge on any atom is 0.252 e. The van der Waals surface area contributed by atoms with Gasteiger partial charge in [-0.15, -0.1) is 0 Å². The molecule has 0 spiro atoms. The maximum atomic E-state index is 12.8. The molecule has 2 aromatic rings. The molecule has 3 heterocycles. The number of carbonyl (C=O) groups excluding carboxylic acids is 1. The Bertz CT molecular complexity index is 1040. The fourth-order valence-corrected chi connectivity index (χ4v) is 3.54. The van der Waals surface area contributed by atoms with Gasteiger partial charge >= 0.3 is 0 Å². The van der Waals surface area contributed by atoms with Crippen LogP contribution < -0.4 is 21.4 Å². The molecule has 1 unspecified atom stereocenters. The van der Waals surface area contributed by atoms with Gasteiger partial charge in [-0.1, -0.05) is 18.7 Å². The first-order valence-corrected chi connectivity index (χ1v) is 8.87. The minimum atomic E-state index is -0.775. The molecular formula is C21H25N3O2. The van der Waals surface area contributed by atoms with Crippen LogP contribution in [0.1, 0.15) is 37.9 Å². The Balaban J connectivity index is 2.05. The monoisotopic (exact) mass is 351 g/mol. The highest BCUT2D eigenvalue weighted by Crippen LogP contribution is 2.29. The van der Waals surface area contributed by atoms with E-state index in [9.17, 15) is 9.59 Å². The number of aromatic amines is 1. The molecule has 0 aromatic carbocycles. The van der Waals surface area contributed by atoms with Gasteiger partial charge in [-0.2, -0.15) is 0 Å². The molecule has 2 N–H and O–H groups in total. The number of H-pyrrole nitrogens is 1. The highest BCUT2D eigenvalue weighted by Gasteiger charge is 2.39. The SMILES string of the molecule is C=c1ccn(C)/c1=C/C(=C\C)c1ccc(C2(C)CCCNC2=O)c(=O)[nH]1. The summed E-state index contributed by atoms with van der Waals surface area (Å²) in [6.07, 6.45) is 7.46. The molecule has 0 radical (unpaired) electrons. The smallest absolute Gasteiger partial charge is 0.252 e. The highest BCUT2D eigenvalue weighted by molar-refractivity contribution is 5.89. The van der Waals surface area contributed by atoms with Crippen molar-refractivity contribution >= 4 is 24.1 Å². The second-order valence-corrected chi connectivity index (χ2v) is 7.03. The van der Waals surface area contributed by atoms with Crippen LogP contribution in [0.5, 0.6) is 0 Å². The van der Waals surface area contributed by atoms with Gasteiger partial charge in [-0.05, 0) is 55.7 Å². The zero-order valence-corrected chi connectivity index (χ0v) is 15.6. The predicted octanol–water partition coefficient (Wildman–Crippen LogP) is 1.18. The highest BCUT2D eigenvalue weighted by atomic mass is 16.2. The summed E-state index contributed by atoms with van der Waals surface area (Å²) < 4.78 is 1.99. The molecule has 5 nitrogen and oxygen atoms in total. The minimum absolute atomic E-state index is 0.0784. The number of rotatable bonds is 3. The molecule has 0 aliphatic carbocycles. The summed E-state index contributed by atoms with van der Waals surface area (Å²) >= 11 is 0. The van der Waals surface area contributed by atoms with Crippen LogP contribution in [0.15, 0.2) is 35.3 Å². The van der Waals surface area contributed by atoms with E-state index >= 15 is 0 Å². The van der Waals surface area contributed by atoms with Crippen LogP contribution >= 0.6 is 0 Å². The largest absolute Gasteiger partial charge is 0.355 e. The van der Waals surface area contributed by atoms with Crippen molar-refractivity contribution in [2.24, 2.45) is 7.05 Å². The standard InChI is InChI=1S/C21H25N3O2/c1-5-15(13-18-14(2)9-12-24(18)4)17-8-7-16(19(25)23-17)21(3)10-6-11-22-20(21)26/h5,7-9,12-13H,2,6,10-11H2,1,3-4H3,(H,22,26)(H,23,25)/b15-5+,18-13+. The molecule has 1 saturated heterocycles. The number of carbonyl (C=O) groups is 1. The lowest BCUT2D eigenvalue weighted by atomic mass is 9.76. The number of aromatic nitrogens is 2. The Hall–Kier alpha value is -2.82. The van der Waals surface area contributed by atoms with Crippen LogP contribution in [-0.4, -0.2) is 22.0 Å². The Kier molecular flexibility index (Phi) is 4.72. The van der Waals surface area contributed by atoms with Gasteiger partial charge in [0, 0.05) is 36.4 Å². The van der Waals surface area contributed by atoms with E-state index in [1.165, 1.54) is 0 Å². The summed E-state index contributed by atoms with van der Waals surface area (Å²) in [7, 11) is 1.96. The van der Waals surface area contributed by atoms with Crippen LogP contribution in [0, 0.1) is 0 Å². The fourth-order valence-electron chi connectivity index (χ4n) is 3.54. The van der Waals surface area contributed by atoms with Crippen molar-refractivity contribution < 1.29 is 4.79 Å². The number of pyridine rings is 1. The van der Waals surface area contributed by atoms with Crippen LogP contribution in [0.3, 0.4) is 0 Å². The van der Waals surface area contributed by atoms with Crippen molar-refractivity contribution in [1.82, 2.24) is 14.9 Å². The van der Waals surface area contributed by atoms with Crippen molar-refractivity contribution in [3.8, 4) is 0 Å². The Morgan fingerprint density at radius 1 is 1.31 bits per heavy atom. The number of hydrogen-bond acceptors (Lipinski definition) is 2. The topological polar surface area (TPSA) is 66.9 Å². The van der Waals surface area contributed by atoms with Gasteiger partial charge in [0.2, 0.25) is 5.91 Å². The molecule has 1 aliphatic rings. The second-order valence-electron chi connectivity index (χ2n) is 7.03. The fraction of sp³-hybridized carbons (Fsp3) is 0.333. The van der Waals surface area contributed by atoms with Crippen molar-refractivity contribution in [2.75, 3.05) is 6.54 Å². The van der Waals surface area contributed by atoms with Crippen LogP contribution in [-0.2, 0) is 17.3 Å². The molecule has 1 aliphatic heterocycles. The van der Waals surface area contributed by atoms with Crippen molar-refractivity contribution in [2.45, 2.75) is 32.1 Å². The second kappa shape index (κ2) is 6.83. The molecule has 1 atom stereocenters. The molecule has 3 rings (SSSR count). The van der Waals surface area contributed by atoms with Gasteiger partial charge in [0.15, 0.2) is 0 Å². The molecule has 2 aromatic heterocycles. The van der Waals surface area contributed by atoms with Gasteiger partial charge in [0.05, 0.1) is 5.41 Å². The molecule has 0 bridgehead atoms. The zero-order valence-electron chi connectivity index (χ0n) is 15.6. The first-order chi connectivity index (χ1) is 12.4. The first-order valence-electron chi connectivity index (χ1n) is 8.87. The van der Waals surface area contributed by atoms with Gasteiger partial charge in [-0.3, -0.25) is 9.59 Å². The number of piperidine rings is 1. The number of amides is 1. The summed E-state index contributed by atoms with van der Waals surface area (Å²) in [4.78, 5) is 28.0. The van der Waals surface area contributed by atoms with Crippen LogP contribution in [0.2, 0.25) is 0 Å². The number of nitrogens with zero attached hydrogens (tertiary/aromatic N) is 1. The third-order valence-corrected chi connectivity index (χ3v) is 5.27. The minimum Gasteiger partial charge on any atom is -0.355 e. The van der Waals surface area contributed by atoms with E-state index in [0.717, 1.165) is 28.3 Å². The van der Waals surface area contributed by atoms with Gasteiger partial charge in [0.25, 0.3) is 5.56 Å². The zero-order chi connectivity index (χ0) is 18.9. The lowest BCUT2D eigenvalue weighted by Gasteiger charge is -2.32. The van der Waals surface area contributed by atoms with Gasteiger partial charge in [-0.25, -0.2) is 0 Å². The molecular weight excluding hydrogens is 326 g/mol. The van der Waals surface area contributed by atoms with Crippen molar-refractivity contribution in [3.63, 3.8) is 0 Å². The third kappa shape index (κ3) is 3.05. The summed E-state index contributed by atoms with van der Waals surface area (Å²) in [5, 5.41) is 4.79. The lowest BCUT2D eigenvalue weighted by Crippen LogP contribution is -2.49. The molecule has 26 heavy (non-hydrogen) atoms. The number of nitrogens with one attached hydrogen (secondary N) is 2. The normalized spacial score (nSPS) is 21.7. The summed E-state index contributed by atoms with van der Waals surface area (Å²) in [5.74, 6) is -0.0784.